The fraction of sp³-hybridized carbons (Fsp3) is 0.500. The van der Waals surface area contributed by atoms with Crippen molar-refractivity contribution < 1.29 is 27.2 Å². The summed E-state index contributed by atoms with van der Waals surface area (Å²) in [5, 5.41) is 2.42. The van der Waals surface area contributed by atoms with Crippen molar-refractivity contribution in [3.05, 3.63) is 35.6 Å². The zero-order chi connectivity index (χ0) is 20.5. The number of carbonyl (C=O) groups excluding carboxylic acids is 3. The Morgan fingerprint density at radius 1 is 1.29 bits per heavy atom. The second kappa shape index (κ2) is 7.86. The highest BCUT2D eigenvalue weighted by atomic mass is 32.2. The van der Waals surface area contributed by atoms with Crippen LogP contribution in [-0.4, -0.2) is 66.7 Å². The number of hydrogen-bond acceptors (Lipinski definition) is 5. The molecule has 2 fully saturated rings. The Morgan fingerprint density at radius 3 is 2.57 bits per heavy atom. The normalized spacial score (nSPS) is 19.6. The average Bonchev–Trinajstić information content (AvgIpc) is 3.41. The molecule has 10 heteroatoms. The number of rotatable bonds is 8. The number of carbonyl (C=O) groups is 3. The van der Waals surface area contributed by atoms with Crippen LogP contribution < -0.4 is 5.32 Å². The predicted molar refractivity (Wildman–Crippen MR) is 98.3 cm³/mol. The molecule has 1 N–H and O–H groups in total. The minimum Gasteiger partial charge on any atom is -0.334 e. The third-order valence-corrected chi connectivity index (χ3v) is 5.76. The summed E-state index contributed by atoms with van der Waals surface area (Å²) in [4.78, 5) is 39.5. The third-order valence-electron chi connectivity index (χ3n) is 4.78. The summed E-state index contributed by atoms with van der Waals surface area (Å²) >= 11 is 0. The molecule has 1 aromatic carbocycles. The topological polar surface area (TPSA) is 104 Å². The summed E-state index contributed by atoms with van der Waals surface area (Å²) in [6.07, 6.45) is 2.58. The predicted octanol–water partition coefficient (Wildman–Crippen LogP) is 0.672. The summed E-state index contributed by atoms with van der Waals surface area (Å²) in [5.41, 5.74) is 0.367. The molecule has 1 aliphatic carbocycles. The fourth-order valence-electron chi connectivity index (χ4n) is 3.10. The summed E-state index contributed by atoms with van der Waals surface area (Å²) in [6.45, 7) is -0.387. The van der Waals surface area contributed by atoms with Gasteiger partial charge >= 0.3 is 6.03 Å². The number of sulfone groups is 1. The van der Waals surface area contributed by atoms with Gasteiger partial charge in [0.1, 0.15) is 28.2 Å². The summed E-state index contributed by atoms with van der Waals surface area (Å²) in [6, 6.07) is 4.43. The molecule has 1 saturated carbocycles. The molecule has 1 heterocycles. The highest BCUT2D eigenvalue weighted by Crippen LogP contribution is 2.29. The van der Waals surface area contributed by atoms with E-state index in [4.69, 9.17) is 0 Å². The van der Waals surface area contributed by atoms with Gasteiger partial charge in [0.15, 0.2) is 0 Å². The van der Waals surface area contributed by atoms with Crippen LogP contribution in [0.25, 0.3) is 0 Å². The largest absolute Gasteiger partial charge is 0.334 e. The Hall–Kier alpha value is -2.49. The first-order chi connectivity index (χ1) is 13.2. The number of imide groups is 1. The van der Waals surface area contributed by atoms with Gasteiger partial charge in [0.2, 0.25) is 5.91 Å². The highest BCUT2D eigenvalue weighted by Gasteiger charge is 2.41. The lowest BCUT2D eigenvalue weighted by molar-refractivity contribution is -0.138. The zero-order valence-corrected chi connectivity index (χ0v) is 16.2. The second-order valence-corrected chi connectivity index (χ2v) is 9.45. The molecule has 1 saturated heterocycles. The van der Waals surface area contributed by atoms with Crippen LogP contribution in [0, 0.1) is 5.82 Å². The molecule has 152 valence electrons. The van der Waals surface area contributed by atoms with E-state index in [1.165, 1.54) is 11.0 Å². The van der Waals surface area contributed by atoms with Crippen LogP contribution >= 0.6 is 0 Å². The van der Waals surface area contributed by atoms with Crippen molar-refractivity contribution in [3.8, 4) is 0 Å². The SMILES string of the molecule is CS(=O)(=O)CC[C@H]1NC(=O)N(CC(=O)N(Cc2ccccc2F)C2CC2)C1=O. The standard InChI is InChI=1S/C18H22FN3O5S/c1-28(26,27)9-8-15-17(24)22(18(25)20-15)11-16(23)21(13-6-7-13)10-12-4-2-3-5-14(12)19/h2-5,13,15H,6-11H2,1H3,(H,20,25)/t15-/m1/s1. The Bertz CT molecular complexity index is 900. The molecule has 0 aromatic heterocycles. The lowest BCUT2D eigenvalue weighted by atomic mass is 10.2. The van der Waals surface area contributed by atoms with Crippen molar-refractivity contribution in [1.82, 2.24) is 15.1 Å². The molecule has 1 aromatic rings. The molecule has 8 nitrogen and oxygen atoms in total. The van der Waals surface area contributed by atoms with Crippen LogP contribution in [0.15, 0.2) is 24.3 Å². The summed E-state index contributed by atoms with van der Waals surface area (Å²) in [7, 11) is -3.28. The average molecular weight is 411 g/mol. The van der Waals surface area contributed by atoms with Crippen LogP contribution in [0.5, 0.6) is 0 Å². The molecule has 3 rings (SSSR count). The van der Waals surface area contributed by atoms with Crippen molar-refractivity contribution in [2.75, 3.05) is 18.6 Å². The third kappa shape index (κ3) is 4.86. The molecule has 0 bridgehead atoms. The first-order valence-corrected chi connectivity index (χ1v) is 11.0. The maximum atomic E-state index is 13.9. The van der Waals surface area contributed by atoms with E-state index < -0.39 is 46.1 Å². The molecule has 1 atom stereocenters. The van der Waals surface area contributed by atoms with Gasteiger partial charge in [0, 0.05) is 24.4 Å². The van der Waals surface area contributed by atoms with Crippen molar-refractivity contribution in [2.24, 2.45) is 0 Å². The first-order valence-electron chi connectivity index (χ1n) is 8.98. The number of nitrogens with zero attached hydrogens (tertiary/aromatic N) is 2. The molecule has 2 aliphatic rings. The van der Waals surface area contributed by atoms with Gasteiger partial charge in [-0.2, -0.15) is 0 Å². The quantitative estimate of drug-likeness (QED) is 0.634. The Kier molecular flexibility index (Phi) is 5.69. The monoisotopic (exact) mass is 411 g/mol. The van der Waals surface area contributed by atoms with Crippen LogP contribution in [0.1, 0.15) is 24.8 Å². The summed E-state index contributed by atoms with van der Waals surface area (Å²) < 4.78 is 36.5. The zero-order valence-electron chi connectivity index (χ0n) is 15.4. The Balaban J connectivity index is 1.66. The van der Waals surface area contributed by atoms with Crippen LogP contribution in [0.3, 0.4) is 0 Å². The molecule has 1 aliphatic heterocycles. The smallest absolute Gasteiger partial charge is 0.325 e. The molecule has 0 radical (unpaired) electrons. The van der Waals surface area contributed by atoms with Gasteiger partial charge in [0.25, 0.3) is 5.91 Å². The van der Waals surface area contributed by atoms with Gasteiger partial charge in [0.05, 0.1) is 5.75 Å². The van der Waals surface area contributed by atoms with Gasteiger partial charge in [-0.1, -0.05) is 18.2 Å². The molecule has 0 spiro atoms. The van der Waals surface area contributed by atoms with Crippen LogP contribution in [0.4, 0.5) is 9.18 Å². The van der Waals surface area contributed by atoms with Crippen molar-refractivity contribution in [3.63, 3.8) is 0 Å². The highest BCUT2D eigenvalue weighted by molar-refractivity contribution is 7.90. The Morgan fingerprint density at radius 2 is 1.96 bits per heavy atom. The second-order valence-electron chi connectivity index (χ2n) is 7.19. The van der Waals surface area contributed by atoms with Crippen LogP contribution in [0.2, 0.25) is 0 Å². The number of hydrogen-bond donors (Lipinski definition) is 1. The Labute approximate surface area is 162 Å². The number of halogens is 1. The fourth-order valence-corrected chi connectivity index (χ4v) is 3.76. The minimum absolute atomic E-state index is 0.0334. The molecular formula is C18H22FN3O5S. The molecular weight excluding hydrogens is 389 g/mol. The van der Waals surface area contributed by atoms with Crippen molar-refractivity contribution in [2.45, 2.75) is 37.9 Å². The van der Waals surface area contributed by atoms with Gasteiger partial charge < -0.3 is 10.2 Å². The van der Waals surface area contributed by atoms with E-state index in [0.29, 0.717) is 5.56 Å². The van der Waals surface area contributed by atoms with Gasteiger partial charge in [-0.3, -0.25) is 14.5 Å². The van der Waals surface area contributed by atoms with E-state index in [2.05, 4.69) is 5.32 Å². The molecule has 4 amide bonds. The maximum absolute atomic E-state index is 13.9. The van der Waals surface area contributed by atoms with Crippen molar-refractivity contribution >= 4 is 27.7 Å². The lowest BCUT2D eigenvalue weighted by Crippen LogP contribution is -2.44. The number of urea groups is 1. The van der Waals surface area contributed by atoms with Gasteiger partial charge in [-0.15, -0.1) is 0 Å². The van der Waals surface area contributed by atoms with E-state index in [0.717, 1.165) is 24.0 Å². The number of amides is 4. The van der Waals surface area contributed by atoms with Crippen molar-refractivity contribution in [1.29, 1.82) is 0 Å². The minimum atomic E-state index is -3.28. The van der Waals surface area contributed by atoms with Crippen LogP contribution in [-0.2, 0) is 26.0 Å². The summed E-state index contributed by atoms with van der Waals surface area (Å²) in [5.74, 6) is -1.73. The van der Waals surface area contributed by atoms with Gasteiger partial charge in [-0.05, 0) is 25.3 Å². The molecule has 0 unspecified atom stereocenters. The van der Waals surface area contributed by atoms with E-state index in [1.54, 1.807) is 18.2 Å². The molecule has 28 heavy (non-hydrogen) atoms. The number of nitrogens with one attached hydrogen (secondary N) is 1. The first kappa shape index (κ1) is 20.2. The van der Waals surface area contributed by atoms with E-state index in [1.807, 2.05) is 0 Å². The maximum Gasteiger partial charge on any atom is 0.325 e. The van der Waals surface area contributed by atoms with Gasteiger partial charge in [-0.25, -0.2) is 17.6 Å². The lowest BCUT2D eigenvalue weighted by Gasteiger charge is -2.24. The van der Waals surface area contributed by atoms with E-state index in [-0.39, 0.29) is 24.8 Å². The number of benzene rings is 1. The van der Waals surface area contributed by atoms with E-state index in [9.17, 15) is 27.2 Å². The van der Waals surface area contributed by atoms with E-state index >= 15 is 0 Å².